The van der Waals surface area contributed by atoms with Crippen molar-refractivity contribution in [1.82, 2.24) is 52.8 Å². The van der Waals surface area contributed by atoms with E-state index in [2.05, 4.69) is 47.5 Å². The van der Waals surface area contributed by atoms with Crippen LogP contribution in [0.15, 0.2) is 85.1 Å². The number of aliphatic carboxylic acids is 2. The molecule has 31 nitrogen and oxygen atoms in total. The zero-order chi connectivity index (χ0) is 66.8. The molecule has 11 amide bonds. The molecule has 0 saturated carbocycles. The molecule has 3 aromatic carbocycles. The molecule has 1 heterocycles. The first-order valence-corrected chi connectivity index (χ1v) is 29.6. The molecule has 4 rings (SSSR count). The number of rotatable bonds is 38. The number of aromatic hydroxyl groups is 1. The summed E-state index contributed by atoms with van der Waals surface area (Å²) in [6, 6.07) is 4.02. The molecule has 0 radical (unpaired) electrons. The molecule has 0 aliphatic rings. The van der Waals surface area contributed by atoms with Crippen LogP contribution >= 0.6 is 11.8 Å². The van der Waals surface area contributed by atoms with Gasteiger partial charge < -0.3 is 95.6 Å². The number of amides is 11. The normalized spacial score (nSPS) is 14.7. The number of hydrogen-bond acceptors (Lipinski definition) is 18. The van der Waals surface area contributed by atoms with Gasteiger partial charge in [0.15, 0.2) is 6.04 Å². The molecule has 0 aliphatic heterocycles. The third-order valence-electron chi connectivity index (χ3n) is 13.8. The molecular weight excluding hydrogens is 1200 g/mol. The van der Waals surface area contributed by atoms with Gasteiger partial charge in [0.2, 0.25) is 65.0 Å². The second kappa shape index (κ2) is 36.0. The summed E-state index contributed by atoms with van der Waals surface area (Å²) in [5.74, 6) is -14.5. The van der Waals surface area contributed by atoms with E-state index < -0.39 is 189 Å². The molecule has 1 aromatic heterocycles. The highest BCUT2D eigenvalue weighted by Gasteiger charge is 2.37. The first-order valence-electron chi connectivity index (χ1n) is 28.3. The van der Waals surface area contributed by atoms with Gasteiger partial charge in [-0.05, 0) is 80.0 Å². The summed E-state index contributed by atoms with van der Waals surface area (Å²) >= 11 is 1.27. The Labute approximate surface area is 519 Å². The van der Waals surface area contributed by atoms with Crippen molar-refractivity contribution in [2.45, 2.75) is 138 Å². The highest BCUT2D eigenvalue weighted by Crippen LogP contribution is 2.20. The molecule has 90 heavy (non-hydrogen) atoms. The molecule has 21 N–H and O–H groups in total. The maximum atomic E-state index is 14.8. The van der Waals surface area contributed by atoms with E-state index in [9.17, 15) is 87.9 Å². The summed E-state index contributed by atoms with van der Waals surface area (Å²) in [6.07, 6.45) is -2.45. The van der Waals surface area contributed by atoms with Gasteiger partial charge >= 0.3 is 11.9 Å². The lowest BCUT2D eigenvalue weighted by atomic mass is 10.0. The number of phenols is 1. The quantitative estimate of drug-likeness (QED) is 0.0202. The van der Waals surface area contributed by atoms with Gasteiger partial charge in [-0.25, -0.2) is 4.79 Å². The smallest absolute Gasteiger partial charge is 0.328 e. The van der Waals surface area contributed by atoms with Crippen molar-refractivity contribution in [3.8, 4) is 5.75 Å². The van der Waals surface area contributed by atoms with Crippen LogP contribution in [0.2, 0.25) is 0 Å². The Morgan fingerprint density at radius 3 is 1.42 bits per heavy atom. The SMILES string of the molecule is CSCC[C@H](NC(=O)[C@H](Cc1ccccc1)NC(=O)[C@H](CCC(N)=O)NC(=O)[C@H](CC(N)=O)NC(=O)[C@H](C)N)C(=O)N[C@@H](Cc1c[nH]c2ccccc12)C(=O)N[C@@H](CCC(=O)O)C(=O)N[C@@H](Cc1ccc(O)cc1)C(=O)N[C@@H](CO)C(=O)N[C@H](C(=O)O)[C@@H](C)O. The van der Waals surface area contributed by atoms with E-state index in [-0.39, 0.29) is 30.8 Å². The van der Waals surface area contributed by atoms with E-state index in [0.29, 0.717) is 27.6 Å². The molecule has 0 fully saturated rings. The number of aromatic nitrogens is 1. The Morgan fingerprint density at radius 2 is 0.944 bits per heavy atom. The summed E-state index contributed by atoms with van der Waals surface area (Å²) in [6.45, 7) is 1.26. The van der Waals surface area contributed by atoms with Crippen molar-refractivity contribution in [3.63, 3.8) is 0 Å². The van der Waals surface area contributed by atoms with E-state index in [1.54, 1.807) is 67.0 Å². The zero-order valence-electron chi connectivity index (χ0n) is 49.4. The molecule has 4 aromatic rings. The van der Waals surface area contributed by atoms with Crippen LogP contribution in [0.3, 0.4) is 0 Å². The average Bonchev–Trinajstić information content (AvgIpc) is 2.03. The third kappa shape index (κ3) is 23.8. The van der Waals surface area contributed by atoms with Crippen molar-refractivity contribution in [2.24, 2.45) is 17.2 Å². The minimum atomic E-state index is -1.87. The van der Waals surface area contributed by atoms with Crippen LogP contribution in [-0.2, 0) is 81.6 Å². The number of aromatic amines is 1. The molecule has 0 bridgehead atoms. The number of fused-ring (bicyclic) bond motifs is 1. The molecule has 488 valence electrons. The maximum absolute atomic E-state index is 14.8. The highest BCUT2D eigenvalue weighted by molar-refractivity contribution is 7.98. The van der Waals surface area contributed by atoms with E-state index in [1.165, 1.54) is 43.0 Å². The maximum Gasteiger partial charge on any atom is 0.328 e. The topological polar surface area (TPSA) is 525 Å². The van der Waals surface area contributed by atoms with Crippen molar-refractivity contribution < 1.29 is 87.9 Å². The molecular formula is C58H77N13O18S. The largest absolute Gasteiger partial charge is 0.508 e. The van der Waals surface area contributed by atoms with Crippen LogP contribution in [0.5, 0.6) is 5.75 Å². The van der Waals surface area contributed by atoms with Gasteiger partial charge in [-0.1, -0.05) is 60.7 Å². The average molecular weight is 1280 g/mol. The third-order valence-corrected chi connectivity index (χ3v) is 14.5. The summed E-state index contributed by atoms with van der Waals surface area (Å²) in [7, 11) is 0. The van der Waals surface area contributed by atoms with Crippen molar-refractivity contribution in [1.29, 1.82) is 0 Å². The second-order valence-corrected chi connectivity index (χ2v) is 22.0. The second-order valence-electron chi connectivity index (χ2n) is 21.0. The van der Waals surface area contributed by atoms with Crippen LogP contribution in [0.4, 0.5) is 0 Å². The number of nitrogens with one attached hydrogen (secondary N) is 10. The lowest BCUT2D eigenvalue weighted by molar-refractivity contribution is -0.145. The minimum absolute atomic E-state index is 0.106. The van der Waals surface area contributed by atoms with E-state index in [1.807, 2.05) is 5.32 Å². The summed E-state index contributed by atoms with van der Waals surface area (Å²) in [5, 5.41) is 71.6. The first kappa shape index (κ1) is 72.8. The first-order chi connectivity index (χ1) is 42.6. The number of H-pyrrole nitrogens is 1. The predicted octanol–water partition coefficient (Wildman–Crippen LogP) is -4.17. The van der Waals surface area contributed by atoms with Crippen LogP contribution in [0, 0.1) is 0 Å². The Hall–Kier alpha value is -9.66. The summed E-state index contributed by atoms with van der Waals surface area (Å²) < 4.78 is 0. The van der Waals surface area contributed by atoms with Gasteiger partial charge in [-0.3, -0.25) is 57.5 Å². The van der Waals surface area contributed by atoms with Gasteiger partial charge in [0.1, 0.15) is 54.1 Å². The number of thioether (sulfide) groups is 1. The van der Waals surface area contributed by atoms with Crippen molar-refractivity contribution in [3.05, 3.63) is 102 Å². The Balaban J connectivity index is 1.72. The molecule has 0 saturated heterocycles. The lowest BCUT2D eigenvalue weighted by Gasteiger charge is -2.28. The van der Waals surface area contributed by atoms with Gasteiger partial charge in [0, 0.05) is 49.2 Å². The summed E-state index contributed by atoms with van der Waals surface area (Å²) in [5.41, 5.74) is 18.3. The van der Waals surface area contributed by atoms with Gasteiger partial charge in [0.05, 0.1) is 25.2 Å². The van der Waals surface area contributed by atoms with Gasteiger partial charge in [-0.15, -0.1) is 0 Å². The fraction of sp³-hybridized carbons (Fsp3) is 0.431. The van der Waals surface area contributed by atoms with E-state index >= 15 is 0 Å². The van der Waals surface area contributed by atoms with Gasteiger partial charge in [-0.2, -0.15) is 11.8 Å². The minimum Gasteiger partial charge on any atom is -0.508 e. The zero-order valence-corrected chi connectivity index (χ0v) is 50.2. The number of aliphatic hydroxyl groups excluding tert-OH is 2. The number of carbonyl (C=O) groups excluding carboxylic acids is 11. The predicted molar refractivity (Wildman–Crippen MR) is 323 cm³/mol. The number of primary amides is 2. The number of benzene rings is 3. The molecule has 11 atom stereocenters. The number of nitrogens with two attached hydrogens (primary N) is 3. The van der Waals surface area contributed by atoms with Crippen LogP contribution in [0.1, 0.15) is 69.1 Å². The number of carboxylic acids is 2. The van der Waals surface area contributed by atoms with Gasteiger partial charge in [0.25, 0.3) is 0 Å². The standard InChI is InChI=1S/C58H77N13O18S/c1-29(59)49(79)66-43(26-46(61)76)56(86)63-37(17-19-45(60)75)50(80)67-40(23-31-9-5-4-6-10-31)53(83)65-39(21-22-90-3)52(82)69-42(25-33-27-62-36-12-8-7-11-35(33)36)55(85)64-38(18-20-47(77)78)51(81)68-41(24-32-13-15-34(74)16-14-32)54(84)70-44(28-72)57(87)71-48(30(2)73)58(88)89/h4-16,27,29-30,37-44,48,62,72-74H,17-26,28,59H2,1-3H3,(H2,60,75)(H2,61,76)(H,63,86)(H,64,85)(H,65,83)(H,66,79)(H,67,80)(H,68,81)(H,69,82)(H,70,84)(H,71,87)(H,77,78)(H,88,89)/t29-,30+,37-,38-,39-,40-,41-,42-,43-,44-,48-/m0/s1. The molecule has 0 unspecified atom stereocenters. The number of aliphatic hydroxyl groups is 2. The number of para-hydroxylation sites is 1. The number of carbonyl (C=O) groups is 13. The van der Waals surface area contributed by atoms with Crippen molar-refractivity contribution >= 4 is 99.6 Å². The fourth-order valence-electron chi connectivity index (χ4n) is 8.92. The van der Waals surface area contributed by atoms with Crippen LogP contribution in [0.25, 0.3) is 10.9 Å². The van der Waals surface area contributed by atoms with E-state index in [4.69, 9.17) is 17.2 Å². The molecule has 32 heteroatoms. The number of carboxylic acid groups (broad SMARTS) is 2. The monoisotopic (exact) mass is 1280 g/mol. The fourth-order valence-corrected chi connectivity index (χ4v) is 9.39. The summed E-state index contributed by atoms with van der Waals surface area (Å²) in [4.78, 5) is 177. The lowest BCUT2D eigenvalue weighted by Crippen LogP contribution is -2.61. The Morgan fingerprint density at radius 1 is 0.511 bits per heavy atom. The number of phenolic OH excluding ortho intramolecular Hbond substituents is 1. The molecule has 0 aliphatic carbocycles. The highest BCUT2D eigenvalue weighted by atomic mass is 32.2. The molecule has 0 spiro atoms. The van der Waals surface area contributed by atoms with E-state index in [0.717, 1.165) is 6.92 Å². The number of hydrogen-bond donors (Lipinski definition) is 18. The Kier molecular flexibility index (Phi) is 29.1. The Bertz CT molecular complexity index is 3190. The van der Waals surface area contributed by atoms with Crippen LogP contribution in [-0.4, -0.2) is 193 Å². The van der Waals surface area contributed by atoms with Crippen LogP contribution < -0.4 is 65.1 Å². The van der Waals surface area contributed by atoms with Crippen molar-refractivity contribution in [2.75, 3.05) is 18.6 Å².